The van der Waals surface area contributed by atoms with Crippen LogP contribution in [0.3, 0.4) is 0 Å². The topological polar surface area (TPSA) is 35.0 Å². The van der Waals surface area contributed by atoms with Crippen LogP contribution in [0.5, 0.6) is 0 Å². The first-order chi connectivity index (χ1) is 8.24. The first-order valence-corrected chi connectivity index (χ1v) is 8.09. The summed E-state index contributed by atoms with van der Waals surface area (Å²) >= 11 is 0. The van der Waals surface area contributed by atoms with E-state index in [1.54, 1.807) is 0 Å². The Morgan fingerprint density at radius 2 is 0.737 bits per heavy atom. The highest BCUT2D eigenvalue weighted by Crippen LogP contribution is 2.16. The fourth-order valence-corrected chi connectivity index (χ4v) is 2.64. The van der Waals surface area contributed by atoms with Crippen molar-refractivity contribution in [2.45, 2.75) is 79.1 Å². The summed E-state index contributed by atoms with van der Waals surface area (Å²) in [5.74, 6) is 0. The molecule has 0 aliphatic carbocycles. The summed E-state index contributed by atoms with van der Waals surface area (Å²) in [5, 5.41) is 0. The minimum Gasteiger partial charge on any atom is -1.00 e. The average Bonchev–Trinajstić information content (AvgIpc) is 2.37. The van der Waals surface area contributed by atoms with Crippen LogP contribution in [0.25, 0.3) is 0 Å². The van der Waals surface area contributed by atoms with Gasteiger partial charge in [0.05, 0.1) is 26.2 Å². The first-order valence-electron chi connectivity index (χ1n) is 8.09. The predicted octanol–water partition coefficient (Wildman–Crippen LogP) is 2.17. The lowest BCUT2D eigenvalue weighted by Gasteiger charge is -2.39. The summed E-state index contributed by atoms with van der Waals surface area (Å²) in [6.07, 6.45) is 11.1. The summed E-state index contributed by atoms with van der Waals surface area (Å²) in [6.45, 7) is 15.0. The highest BCUT2D eigenvalue weighted by atomic mass is 79.9. The zero-order chi connectivity index (χ0) is 13.0. The molecule has 0 unspecified atom stereocenters. The summed E-state index contributed by atoms with van der Waals surface area (Å²) in [7, 11) is 0. The van der Waals surface area contributed by atoms with Crippen LogP contribution in [0.1, 0.15) is 79.1 Å². The second kappa shape index (κ2) is 16.5. The van der Waals surface area contributed by atoms with E-state index < -0.39 is 0 Å². The van der Waals surface area contributed by atoms with E-state index in [1.165, 1.54) is 82.0 Å². The SMILES string of the molecule is CCCC[N+](CCCC)(CCCC)CCCC.N.[Br-]. The molecule has 0 radical (unpaired) electrons. The van der Waals surface area contributed by atoms with E-state index >= 15 is 0 Å². The standard InChI is InChI=1S/C16H36N.BrH.H3N/c1-5-9-13-17(14-10-6-2,15-11-7-3)16-12-8-4;;/h5-16H2,1-4H3;1H;1H3/q+1;;/p-1. The fourth-order valence-electron chi connectivity index (χ4n) is 2.64. The molecule has 0 bridgehead atoms. The van der Waals surface area contributed by atoms with Gasteiger partial charge in [0.15, 0.2) is 0 Å². The van der Waals surface area contributed by atoms with Gasteiger partial charge in [0.2, 0.25) is 0 Å². The molecule has 0 saturated heterocycles. The Morgan fingerprint density at radius 1 is 0.526 bits per heavy atom. The molecule has 0 aromatic rings. The first kappa shape index (κ1) is 24.4. The molecule has 0 amide bonds. The Morgan fingerprint density at radius 3 is 0.895 bits per heavy atom. The summed E-state index contributed by atoms with van der Waals surface area (Å²) in [6, 6.07) is 0. The number of quaternary nitrogens is 1. The number of rotatable bonds is 12. The van der Waals surface area contributed by atoms with Gasteiger partial charge in [-0.2, -0.15) is 0 Å². The lowest BCUT2D eigenvalue weighted by atomic mass is 10.1. The van der Waals surface area contributed by atoms with Crippen LogP contribution in [0.2, 0.25) is 0 Å². The van der Waals surface area contributed by atoms with E-state index in [0.717, 1.165) is 0 Å². The van der Waals surface area contributed by atoms with Crippen molar-refractivity contribution in [1.82, 2.24) is 6.15 Å². The maximum atomic E-state index is 2.33. The van der Waals surface area contributed by atoms with Crippen molar-refractivity contribution in [2.24, 2.45) is 0 Å². The molecule has 0 fully saturated rings. The largest absolute Gasteiger partial charge is 1.00 e. The third-order valence-corrected chi connectivity index (χ3v) is 3.94. The molecule has 0 atom stereocenters. The van der Waals surface area contributed by atoms with Crippen molar-refractivity contribution in [3.63, 3.8) is 0 Å². The second-order valence-corrected chi connectivity index (χ2v) is 5.65. The highest BCUT2D eigenvalue weighted by Gasteiger charge is 2.24. The van der Waals surface area contributed by atoms with Gasteiger partial charge in [-0.1, -0.05) is 53.4 Å². The van der Waals surface area contributed by atoms with Gasteiger partial charge >= 0.3 is 0 Å². The molecule has 0 aromatic carbocycles. The summed E-state index contributed by atoms with van der Waals surface area (Å²) < 4.78 is 1.42. The Balaban J connectivity index is -0.00000128. The molecule has 120 valence electrons. The van der Waals surface area contributed by atoms with Gasteiger partial charge in [-0.3, -0.25) is 0 Å². The molecule has 3 N–H and O–H groups in total. The zero-order valence-corrected chi connectivity index (χ0v) is 15.6. The third kappa shape index (κ3) is 11.9. The molecule has 19 heavy (non-hydrogen) atoms. The highest BCUT2D eigenvalue weighted by molar-refractivity contribution is 4.49. The van der Waals surface area contributed by atoms with E-state index in [-0.39, 0.29) is 23.1 Å². The third-order valence-electron chi connectivity index (χ3n) is 3.94. The average molecular weight is 339 g/mol. The van der Waals surface area contributed by atoms with Crippen LogP contribution >= 0.6 is 0 Å². The van der Waals surface area contributed by atoms with E-state index in [4.69, 9.17) is 0 Å². The lowest BCUT2D eigenvalue weighted by Crippen LogP contribution is -3.00. The van der Waals surface area contributed by atoms with Crippen molar-refractivity contribution in [3.05, 3.63) is 0 Å². The van der Waals surface area contributed by atoms with Crippen LogP contribution < -0.4 is 23.1 Å². The normalized spacial score (nSPS) is 10.7. The molecule has 0 spiro atoms. The van der Waals surface area contributed by atoms with E-state index in [1.807, 2.05) is 0 Å². The predicted molar refractivity (Wildman–Crippen MR) is 84.4 cm³/mol. The Kier molecular flexibility index (Phi) is 21.1. The van der Waals surface area contributed by atoms with Crippen molar-refractivity contribution >= 4 is 0 Å². The van der Waals surface area contributed by atoms with Gasteiger partial charge in [-0.05, 0) is 25.7 Å². The Bertz CT molecular complexity index is 125. The van der Waals surface area contributed by atoms with Crippen molar-refractivity contribution in [1.29, 1.82) is 0 Å². The zero-order valence-electron chi connectivity index (χ0n) is 14.0. The molecular formula is C16H39BrN2. The van der Waals surface area contributed by atoms with Crippen molar-refractivity contribution in [3.8, 4) is 0 Å². The molecule has 0 aliphatic heterocycles. The Hall–Kier alpha value is 0.400. The molecule has 2 nitrogen and oxygen atoms in total. The maximum Gasteiger partial charge on any atom is 0.0786 e. The molecule has 0 heterocycles. The smallest absolute Gasteiger partial charge is 0.0786 e. The molecule has 0 saturated carbocycles. The number of hydrogen-bond acceptors (Lipinski definition) is 1. The van der Waals surface area contributed by atoms with Crippen LogP contribution in [-0.2, 0) is 0 Å². The van der Waals surface area contributed by atoms with Gasteiger partial charge in [-0.25, -0.2) is 0 Å². The number of hydrogen-bond donors (Lipinski definition) is 1. The van der Waals surface area contributed by atoms with E-state index in [0.29, 0.717) is 0 Å². The summed E-state index contributed by atoms with van der Waals surface area (Å²) in [5.41, 5.74) is 0. The van der Waals surface area contributed by atoms with Gasteiger partial charge in [0, 0.05) is 0 Å². The molecule has 0 rings (SSSR count). The molecule has 0 aromatic heterocycles. The minimum absolute atomic E-state index is 0. The molecule has 0 aliphatic rings. The quantitative estimate of drug-likeness (QED) is 0.544. The van der Waals surface area contributed by atoms with E-state index in [2.05, 4.69) is 27.7 Å². The fraction of sp³-hybridized carbons (Fsp3) is 1.00. The monoisotopic (exact) mass is 338 g/mol. The number of halogens is 1. The molecule has 3 heteroatoms. The van der Waals surface area contributed by atoms with E-state index in [9.17, 15) is 0 Å². The van der Waals surface area contributed by atoms with Gasteiger partial charge < -0.3 is 27.6 Å². The van der Waals surface area contributed by atoms with Gasteiger partial charge in [-0.15, -0.1) is 0 Å². The van der Waals surface area contributed by atoms with Crippen molar-refractivity contribution in [2.75, 3.05) is 26.2 Å². The number of unbranched alkanes of at least 4 members (excludes halogenated alkanes) is 4. The lowest BCUT2D eigenvalue weighted by molar-refractivity contribution is -0.929. The number of nitrogens with zero attached hydrogens (tertiary/aromatic N) is 1. The van der Waals surface area contributed by atoms with Crippen molar-refractivity contribution < 1.29 is 21.5 Å². The minimum atomic E-state index is 0. The van der Waals surface area contributed by atoms with Crippen LogP contribution in [0.15, 0.2) is 0 Å². The van der Waals surface area contributed by atoms with Gasteiger partial charge in [0.1, 0.15) is 0 Å². The van der Waals surface area contributed by atoms with Crippen LogP contribution in [0.4, 0.5) is 0 Å². The van der Waals surface area contributed by atoms with Crippen LogP contribution in [-0.4, -0.2) is 30.7 Å². The Labute approximate surface area is 133 Å². The summed E-state index contributed by atoms with van der Waals surface area (Å²) in [4.78, 5) is 0. The maximum absolute atomic E-state index is 2.33. The van der Waals surface area contributed by atoms with Crippen LogP contribution in [0, 0.1) is 0 Å². The second-order valence-electron chi connectivity index (χ2n) is 5.65. The van der Waals surface area contributed by atoms with Gasteiger partial charge in [0.25, 0.3) is 0 Å². The molecular weight excluding hydrogens is 300 g/mol.